The van der Waals surface area contributed by atoms with Gasteiger partial charge in [0.25, 0.3) is 0 Å². The van der Waals surface area contributed by atoms with E-state index in [1.807, 2.05) is 31.2 Å². The third-order valence-electron chi connectivity index (χ3n) is 4.86. The van der Waals surface area contributed by atoms with Gasteiger partial charge in [-0.25, -0.2) is 8.42 Å². The highest BCUT2D eigenvalue weighted by molar-refractivity contribution is 7.89. The normalized spacial score (nSPS) is 16.2. The Balaban J connectivity index is 1.68. The van der Waals surface area contributed by atoms with Crippen LogP contribution in [0.4, 0.5) is 13.2 Å². The van der Waals surface area contributed by atoms with E-state index in [-0.39, 0.29) is 32.1 Å². The summed E-state index contributed by atoms with van der Waals surface area (Å²) in [5.74, 6) is -0.275. The molecular formula is C21H21F3N2O3S. The number of nitrogens with zero attached hydrogens (tertiary/aromatic N) is 2. The molecule has 1 amide bonds. The van der Waals surface area contributed by atoms with Gasteiger partial charge in [-0.3, -0.25) is 4.79 Å². The van der Waals surface area contributed by atoms with E-state index in [0.29, 0.717) is 0 Å². The summed E-state index contributed by atoms with van der Waals surface area (Å²) in [5.41, 5.74) is 0.770. The Bertz CT molecular complexity index is 1040. The molecule has 0 bridgehead atoms. The minimum atomic E-state index is -4.78. The van der Waals surface area contributed by atoms with Crippen LogP contribution in [0.15, 0.2) is 59.5 Å². The molecule has 9 heteroatoms. The van der Waals surface area contributed by atoms with Crippen LogP contribution in [-0.4, -0.2) is 49.7 Å². The summed E-state index contributed by atoms with van der Waals surface area (Å²) in [6.07, 6.45) is -1.69. The Morgan fingerprint density at radius 2 is 1.57 bits per heavy atom. The van der Waals surface area contributed by atoms with Crippen LogP contribution >= 0.6 is 0 Å². The fourth-order valence-electron chi connectivity index (χ4n) is 3.16. The lowest BCUT2D eigenvalue weighted by atomic mass is 10.1. The van der Waals surface area contributed by atoms with Gasteiger partial charge >= 0.3 is 6.18 Å². The number of sulfonamides is 1. The molecule has 0 aromatic heterocycles. The van der Waals surface area contributed by atoms with Crippen molar-refractivity contribution in [3.63, 3.8) is 0 Å². The predicted molar refractivity (Wildman–Crippen MR) is 107 cm³/mol. The molecule has 1 fully saturated rings. The summed E-state index contributed by atoms with van der Waals surface area (Å²) < 4.78 is 66.2. The molecule has 2 aromatic carbocycles. The van der Waals surface area contributed by atoms with Gasteiger partial charge in [-0.2, -0.15) is 17.5 Å². The van der Waals surface area contributed by atoms with Crippen LogP contribution in [-0.2, 0) is 21.0 Å². The van der Waals surface area contributed by atoms with Gasteiger partial charge in [0.05, 0.1) is 10.5 Å². The number of rotatable bonds is 4. The standard InChI is InChI=1S/C21H21F3N2O3S/c1-16-6-8-17(9-7-16)10-11-20(27)25-12-14-26(15-13-25)30(28,29)19-5-3-2-4-18(19)21(22,23)24/h2-11H,12-15H2,1H3. The maximum Gasteiger partial charge on any atom is 0.417 e. The lowest BCUT2D eigenvalue weighted by Gasteiger charge is -2.33. The lowest BCUT2D eigenvalue weighted by Crippen LogP contribution is -2.50. The number of halogens is 3. The van der Waals surface area contributed by atoms with Gasteiger partial charge in [-0.05, 0) is 30.7 Å². The second kappa shape index (κ2) is 8.61. The third-order valence-corrected chi connectivity index (χ3v) is 6.81. The number of alkyl halides is 3. The molecule has 0 atom stereocenters. The van der Waals surface area contributed by atoms with E-state index < -0.39 is 26.7 Å². The minimum Gasteiger partial charge on any atom is -0.337 e. The second-order valence-corrected chi connectivity index (χ2v) is 8.87. The van der Waals surface area contributed by atoms with Crippen molar-refractivity contribution < 1.29 is 26.4 Å². The molecule has 1 aliphatic rings. The molecular weight excluding hydrogens is 417 g/mol. The zero-order valence-corrected chi connectivity index (χ0v) is 17.1. The summed E-state index contributed by atoms with van der Waals surface area (Å²) in [6, 6.07) is 11.7. The lowest BCUT2D eigenvalue weighted by molar-refractivity contribution is -0.139. The van der Waals surface area contributed by atoms with Crippen molar-refractivity contribution in [1.29, 1.82) is 0 Å². The molecule has 0 aliphatic carbocycles. The van der Waals surface area contributed by atoms with E-state index in [1.165, 1.54) is 17.0 Å². The van der Waals surface area contributed by atoms with Crippen LogP contribution in [0.25, 0.3) is 6.08 Å². The summed E-state index contributed by atoms with van der Waals surface area (Å²) in [4.78, 5) is 13.1. The maximum atomic E-state index is 13.2. The second-order valence-electron chi connectivity index (χ2n) is 6.97. The topological polar surface area (TPSA) is 57.7 Å². The maximum absolute atomic E-state index is 13.2. The number of amides is 1. The van der Waals surface area contributed by atoms with E-state index in [2.05, 4.69) is 0 Å². The fourth-order valence-corrected chi connectivity index (χ4v) is 4.80. The number of hydrogen-bond donors (Lipinski definition) is 0. The molecule has 0 spiro atoms. The number of aryl methyl sites for hydroxylation is 1. The summed E-state index contributed by atoms with van der Waals surface area (Å²) in [5, 5.41) is 0. The summed E-state index contributed by atoms with van der Waals surface area (Å²) in [7, 11) is -4.33. The molecule has 1 heterocycles. The van der Waals surface area contributed by atoms with Crippen LogP contribution in [0.5, 0.6) is 0 Å². The highest BCUT2D eigenvalue weighted by Crippen LogP contribution is 2.35. The average Bonchev–Trinajstić information content (AvgIpc) is 2.72. The molecule has 3 rings (SSSR count). The van der Waals surface area contributed by atoms with Crippen molar-refractivity contribution in [3.8, 4) is 0 Å². The Kier molecular flexibility index (Phi) is 6.33. The van der Waals surface area contributed by atoms with Crippen molar-refractivity contribution in [1.82, 2.24) is 9.21 Å². The number of piperazine rings is 1. The number of carbonyl (C=O) groups excluding carboxylic acids is 1. The largest absolute Gasteiger partial charge is 0.417 e. The van der Waals surface area contributed by atoms with Crippen molar-refractivity contribution in [2.24, 2.45) is 0 Å². The average molecular weight is 438 g/mol. The zero-order chi connectivity index (χ0) is 21.9. The molecule has 160 valence electrons. The highest BCUT2D eigenvalue weighted by Gasteiger charge is 2.39. The first-order chi connectivity index (χ1) is 14.1. The van der Waals surface area contributed by atoms with Gasteiger partial charge in [0.2, 0.25) is 15.9 Å². The zero-order valence-electron chi connectivity index (χ0n) is 16.3. The van der Waals surface area contributed by atoms with Gasteiger partial charge in [0.15, 0.2) is 0 Å². The van der Waals surface area contributed by atoms with Gasteiger partial charge < -0.3 is 4.90 Å². The number of hydrogen-bond acceptors (Lipinski definition) is 3. The van der Waals surface area contributed by atoms with Crippen molar-refractivity contribution >= 4 is 22.0 Å². The van der Waals surface area contributed by atoms with E-state index in [9.17, 15) is 26.4 Å². The molecule has 0 unspecified atom stereocenters. The van der Waals surface area contributed by atoms with Crippen molar-refractivity contribution in [3.05, 3.63) is 71.3 Å². The molecule has 0 N–H and O–H groups in total. The minimum absolute atomic E-state index is 0.0708. The molecule has 1 aliphatic heterocycles. The molecule has 1 saturated heterocycles. The van der Waals surface area contributed by atoms with Crippen LogP contribution in [0, 0.1) is 6.92 Å². The Hall–Kier alpha value is -2.65. The van der Waals surface area contributed by atoms with Crippen molar-refractivity contribution in [2.75, 3.05) is 26.2 Å². The van der Waals surface area contributed by atoms with Crippen molar-refractivity contribution in [2.45, 2.75) is 18.0 Å². The third kappa shape index (κ3) is 4.91. The molecule has 30 heavy (non-hydrogen) atoms. The van der Waals surface area contributed by atoms with Crippen LogP contribution in [0.2, 0.25) is 0 Å². The summed E-state index contributed by atoms with van der Waals surface area (Å²) >= 11 is 0. The first-order valence-electron chi connectivity index (χ1n) is 9.29. The first kappa shape index (κ1) is 22.0. The Labute approximate surface area is 173 Å². The first-order valence-corrected chi connectivity index (χ1v) is 10.7. The quantitative estimate of drug-likeness (QED) is 0.686. The van der Waals surface area contributed by atoms with Crippen LogP contribution in [0.1, 0.15) is 16.7 Å². The fraction of sp³-hybridized carbons (Fsp3) is 0.286. The number of benzene rings is 2. The Morgan fingerprint density at radius 3 is 2.17 bits per heavy atom. The SMILES string of the molecule is Cc1ccc(C=CC(=O)N2CCN(S(=O)(=O)c3ccccc3C(F)(F)F)CC2)cc1. The molecule has 0 saturated carbocycles. The monoisotopic (exact) mass is 438 g/mol. The van der Waals surface area contributed by atoms with E-state index in [4.69, 9.17) is 0 Å². The van der Waals surface area contributed by atoms with Gasteiger partial charge in [0.1, 0.15) is 0 Å². The van der Waals surface area contributed by atoms with Crippen LogP contribution in [0.3, 0.4) is 0 Å². The van der Waals surface area contributed by atoms with E-state index in [1.54, 1.807) is 6.08 Å². The van der Waals surface area contributed by atoms with Gasteiger partial charge in [-0.1, -0.05) is 42.0 Å². The van der Waals surface area contributed by atoms with E-state index in [0.717, 1.165) is 33.6 Å². The van der Waals surface area contributed by atoms with Gasteiger partial charge in [0, 0.05) is 32.3 Å². The molecule has 5 nitrogen and oxygen atoms in total. The molecule has 0 radical (unpaired) electrons. The Morgan fingerprint density at radius 1 is 0.967 bits per heavy atom. The van der Waals surface area contributed by atoms with E-state index >= 15 is 0 Å². The molecule has 2 aromatic rings. The van der Waals surface area contributed by atoms with Gasteiger partial charge in [-0.15, -0.1) is 0 Å². The van der Waals surface area contributed by atoms with Crippen LogP contribution < -0.4 is 0 Å². The summed E-state index contributed by atoms with van der Waals surface area (Å²) in [6.45, 7) is 2.02. The smallest absolute Gasteiger partial charge is 0.337 e. The predicted octanol–water partition coefficient (Wildman–Crippen LogP) is 3.56. The highest BCUT2D eigenvalue weighted by atomic mass is 32.2. The number of carbonyl (C=O) groups is 1.